The molecule has 1 fully saturated rings. The van der Waals surface area contributed by atoms with Crippen molar-refractivity contribution in [1.29, 1.82) is 0 Å². The monoisotopic (exact) mass is 217 g/mol. The van der Waals surface area contributed by atoms with E-state index in [0.29, 0.717) is 5.92 Å². The summed E-state index contributed by atoms with van der Waals surface area (Å²) in [6.07, 6.45) is 5.62. The van der Waals surface area contributed by atoms with Crippen molar-refractivity contribution in [3.8, 4) is 0 Å². The summed E-state index contributed by atoms with van der Waals surface area (Å²) in [7, 11) is 2.03. The van der Waals surface area contributed by atoms with Gasteiger partial charge in [0.25, 0.3) is 0 Å². The highest BCUT2D eigenvalue weighted by Gasteiger charge is 2.17. The van der Waals surface area contributed by atoms with Crippen LogP contribution in [0.25, 0.3) is 0 Å². The van der Waals surface area contributed by atoms with E-state index in [1.54, 1.807) is 5.56 Å². The summed E-state index contributed by atoms with van der Waals surface area (Å²) in [4.78, 5) is 0. The number of hydrogen-bond acceptors (Lipinski definition) is 1. The molecule has 2 rings (SSSR count). The van der Waals surface area contributed by atoms with E-state index in [4.69, 9.17) is 0 Å². The van der Waals surface area contributed by atoms with Crippen LogP contribution in [0, 0.1) is 0 Å². The van der Waals surface area contributed by atoms with Crippen LogP contribution in [0.4, 0.5) is 0 Å². The van der Waals surface area contributed by atoms with Crippen LogP contribution in [0.2, 0.25) is 0 Å². The van der Waals surface area contributed by atoms with Crippen LogP contribution in [0.15, 0.2) is 24.3 Å². The zero-order valence-electron chi connectivity index (χ0n) is 10.5. The van der Waals surface area contributed by atoms with Crippen molar-refractivity contribution in [2.75, 3.05) is 13.6 Å². The highest BCUT2D eigenvalue weighted by atomic mass is 14.8. The maximum Gasteiger partial charge on any atom is 0.00144 e. The lowest BCUT2D eigenvalue weighted by molar-refractivity contribution is 0.671. The van der Waals surface area contributed by atoms with E-state index in [1.165, 1.54) is 31.2 Å². The van der Waals surface area contributed by atoms with Gasteiger partial charge in [-0.2, -0.15) is 0 Å². The second kappa shape index (κ2) is 5.49. The lowest BCUT2D eigenvalue weighted by Gasteiger charge is -2.15. The number of benzene rings is 1. The largest absolute Gasteiger partial charge is 0.319 e. The summed E-state index contributed by atoms with van der Waals surface area (Å²) in [5.74, 6) is 1.45. The first-order valence-electron chi connectivity index (χ1n) is 6.55. The van der Waals surface area contributed by atoms with Crippen molar-refractivity contribution in [2.24, 2.45) is 0 Å². The Morgan fingerprint density at radius 1 is 1.31 bits per heavy atom. The molecule has 0 heterocycles. The van der Waals surface area contributed by atoms with Gasteiger partial charge in [0.15, 0.2) is 0 Å². The summed E-state index contributed by atoms with van der Waals surface area (Å²) >= 11 is 0. The molecular weight excluding hydrogens is 194 g/mol. The molecule has 1 unspecified atom stereocenters. The molecule has 1 atom stereocenters. The van der Waals surface area contributed by atoms with E-state index in [2.05, 4.69) is 36.5 Å². The smallest absolute Gasteiger partial charge is 0.00144 e. The van der Waals surface area contributed by atoms with Gasteiger partial charge in [0, 0.05) is 6.54 Å². The van der Waals surface area contributed by atoms with Crippen LogP contribution in [-0.4, -0.2) is 13.6 Å². The third-order valence-corrected chi connectivity index (χ3v) is 3.82. The van der Waals surface area contributed by atoms with Crippen LogP contribution in [0.5, 0.6) is 0 Å². The molecule has 1 aromatic rings. The van der Waals surface area contributed by atoms with Crippen LogP contribution in [0.3, 0.4) is 0 Å². The van der Waals surface area contributed by atoms with Gasteiger partial charge in [-0.3, -0.25) is 0 Å². The molecule has 0 spiro atoms. The molecule has 0 aromatic heterocycles. The normalized spacial score (nSPS) is 18.9. The third-order valence-electron chi connectivity index (χ3n) is 3.82. The number of likely N-dealkylation sites (N-methyl/N-ethyl adjacent to an activating group) is 1. The summed E-state index contributed by atoms with van der Waals surface area (Å²) in [6.45, 7) is 3.36. The van der Waals surface area contributed by atoms with Gasteiger partial charge < -0.3 is 5.32 Å². The van der Waals surface area contributed by atoms with E-state index >= 15 is 0 Å². The fraction of sp³-hybridized carbons (Fsp3) is 0.600. The van der Waals surface area contributed by atoms with Gasteiger partial charge >= 0.3 is 0 Å². The average molecular weight is 217 g/mol. The summed E-state index contributed by atoms with van der Waals surface area (Å²) in [6, 6.07) is 9.24. The van der Waals surface area contributed by atoms with Crippen LogP contribution < -0.4 is 5.32 Å². The second-order valence-corrected chi connectivity index (χ2v) is 5.11. The van der Waals surface area contributed by atoms with Gasteiger partial charge in [-0.15, -0.1) is 0 Å². The zero-order chi connectivity index (χ0) is 11.4. The minimum absolute atomic E-state index is 0.617. The quantitative estimate of drug-likeness (QED) is 0.811. The minimum Gasteiger partial charge on any atom is -0.319 e. The van der Waals surface area contributed by atoms with Crippen LogP contribution in [0.1, 0.15) is 55.6 Å². The summed E-state index contributed by atoms with van der Waals surface area (Å²) in [5, 5.41) is 3.25. The lowest BCUT2D eigenvalue weighted by atomic mass is 9.92. The standard InChI is InChI=1S/C15H23N/c1-12(11-16-2)14-8-5-9-15(10-14)13-6-3-4-7-13/h5,8-10,12-13,16H,3-4,6-7,11H2,1-2H3. The molecule has 0 radical (unpaired) electrons. The fourth-order valence-electron chi connectivity index (χ4n) is 2.80. The van der Waals surface area contributed by atoms with E-state index in [0.717, 1.165) is 12.5 Å². The molecule has 0 bridgehead atoms. The predicted molar refractivity (Wildman–Crippen MR) is 70.0 cm³/mol. The molecule has 0 saturated heterocycles. The van der Waals surface area contributed by atoms with Gasteiger partial charge in [0.1, 0.15) is 0 Å². The van der Waals surface area contributed by atoms with E-state index in [9.17, 15) is 0 Å². The highest BCUT2D eigenvalue weighted by molar-refractivity contribution is 5.29. The van der Waals surface area contributed by atoms with Crippen molar-refractivity contribution in [2.45, 2.75) is 44.4 Å². The second-order valence-electron chi connectivity index (χ2n) is 5.11. The lowest BCUT2D eigenvalue weighted by Crippen LogP contribution is -2.14. The highest BCUT2D eigenvalue weighted by Crippen LogP contribution is 2.34. The Bertz CT molecular complexity index is 326. The molecule has 0 aliphatic heterocycles. The van der Waals surface area contributed by atoms with Crippen molar-refractivity contribution in [3.05, 3.63) is 35.4 Å². The van der Waals surface area contributed by atoms with Gasteiger partial charge in [0.05, 0.1) is 0 Å². The maximum absolute atomic E-state index is 3.25. The van der Waals surface area contributed by atoms with Gasteiger partial charge in [0.2, 0.25) is 0 Å². The molecule has 1 aliphatic carbocycles. The van der Waals surface area contributed by atoms with E-state index in [-0.39, 0.29) is 0 Å². The number of hydrogen-bond donors (Lipinski definition) is 1. The maximum atomic E-state index is 3.25. The molecule has 16 heavy (non-hydrogen) atoms. The van der Waals surface area contributed by atoms with E-state index < -0.39 is 0 Å². The van der Waals surface area contributed by atoms with Gasteiger partial charge in [-0.25, -0.2) is 0 Å². The molecule has 1 heteroatoms. The van der Waals surface area contributed by atoms with Crippen molar-refractivity contribution >= 4 is 0 Å². The van der Waals surface area contributed by atoms with Crippen molar-refractivity contribution in [3.63, 3.8) is 0 Å². The summed E-state index contributed by atoms with van der Waals surface area (Å²) in [5.41, 5.74) is 3.05. The Hall–Kier alpha value is -0.820. The first-order valence-corrected chi connectivity index (χ1v) is 6.55. The van der Waals surface area contributed by atoms with Crippen LogP contribution in [-0.2, 0) is 0 Å². The Kier molecular flexibility index (Phi) is 4.00. The molecule has 1 aromatic carbocycles. The molecule has 0 amide bonds. The van der Waals surface area contributed by atoms with Crippen molar-refractivity contribution in [1.82, 2.24) is 5.32 Å². The first kappa shape index (κ1) is 11.7. The van der Waals surface area contributed by atoms with Gasteiger partial charge in [-0.1, -0.05) is 44.0 Å². The first-order chi connectivity index (χ1) is 7.81. The third kappa shape index (κ3) is 2.65. The Balaban J connectivity index is 2.12. The Morgan fingerprint density at radius 2 is 2.06 bits per heavy atom. The Labute approximate surface area is 99.3 Å². The predicted octanol–water partition coefficient (Wildman–Crippen LogP) is 3.67. The summed E-state index contributed by atoms with van der Waals surface area (Å²) < 4.78 is 0. The minimum atomic E-state index is 0.617. The fourth-order valence-corrected chi connectivity index (χ4v) is 2.80. The van der Waals surface area contributed by atoms with Crippen LogP contribution >= 0.6 is 0 Å². The van der Waals surface area contributed by atoms with Gasteiger partial charge in [-0.05, 0) is 42.9 Å². The molecule has 88 valence electrons. The average Bonchev–Trinajstić information content (AvgIpc) is 2.83. The molecule has 1 N–H and O–H groups in total. The number of rotatable bonds is 4. The number of nitrogens with one attached hydrogen (secondary N) is 1. The molecular formula is C15H23N. The topological polar surface area (TPSA) is 12.0 Å². The SMILES string of the molecule is CNCC(C)c1cccc(C2CCCC2)c1. The Morgan fingerprint density at radius 3 is 2.75 bits per heavy atom. The molecule has 1 nitrogen and oxygen atoms in total. The zero-order valence-corrected chi connectivity index (χ0v) is 10.5. The molecule has 1 saturated carbocycles. The van der Waals surface area contributed by atoms with Crippen molar-refractivity contribution < 1.29 is 0 Å². The van der Waals surface area contributed by atoms with E-state index in [1.807, 2.05) is 7.05 Å². The molecule has 1 aliphatic rings.